The predicted octanol–water partition coefficient (Wildman–Crippen LogP) is 2.29. The number of rotatable bonds is 2. The second kappa shape index (κ2) is 3.20. The molecule has 1 aliphatic rings. The van der Waals surface area contributed by atoms with E-state index in [1.165, 1.54) is 12.1 Å². The quantitative estimate of drug-likeness (QED) is 0.811. The molecular weight excluding hydrogens is 193 g/mol. The van der Waals surface area contributed by atoms with Crippen LogP contribution in [0.5, 0.6) is 5.75 Å². The molecule has 0 spiro atoms. The van der Waals surface area contributed by atoms with E-state index in [-0.39, 0.29) is 23.2 Å². The van der Waals surface area contributed by atoms with Gasteiger partial charge in [0.25, 0.3) is 0 Å². The van der Waals surface area contributed by atoms with Crippen LogP contribution in [0, 0.1) is 11.2 Å². The lowest BCUT2D eigenvalue weighted by atomic mass is 10.0. The molecule has 0 saturated heterocycles. The van der Waals surface area contributed by atoms with Crippen molar-refractivity contribution in [2.24, 2.45) is 11.1 Å². The lowest BCUT2D eigenvalue weighted by Gasteiger charge is -2.09. The number of halogens is 1. The Kier molecular flexibility index (Phi) is 2.23. The molecular formula is C12H16FNO. The van der Waals surface area contributed by atoms with Crippen LogP contribution in [0.15, 0.2) is 18.2 Å². The Labute approximate surface area is 89.2 Å². The summed E-state index contributed by atoms with van der Waals surface area (Å²) in [5, 5.41) is 0. The highest BCUT2D eigenvalue weighted by Gasteiger charge is 2.57. The van der Waals surface area contributed by atoms with Gasteiger partial charge in [0.1, 0.15) is 11.6 Å². The van der Waals surface area contributed by atoms with Crippen LogP contribution >= 0.6 is 0 Å². The van der Waals surface area contributed by atoms with E-state index in [0.29, 0.717) is 0 Å². The van der Waals surface area contributed by atoms with Gasteiger partial charge in [0, 0.05) is 17.5 Å². The molecule has 0 radical (unpaired) electrons. The molecule has 2 N–H and O–H groups in total. The lowest BCUT2D eigenvalue weighted by Crippen LogP contribution is -2.06. The minimum Gasteiger partial charge on any atom is -0.496 e. The molecule has 0 aromatic heterocycles. The first-order valence-electron chi connectivity index (χ1n) is 5.07. The first-order chi connectivity index (χ1) is 6.98. The van der Waals surface area contributed by atoms with Crippen molar-refractivity contribution >= 4 is 0 Å². The summed E-state index contributed by atoms with van der Waals surface area (Å²) < 4.78 is 18.4. The molecule has 15 heavy (non-hydrogen) atoms. The van der Waals surface area contributed by atoms with E-state index in [0.717, 1.165) is 11.3 Å². The molecule has 2 rings (SSSR count). The van der Waals surface area contributed by atoms with E-state index in [1.54, 1.807) is 13.2 Å². The largest absolute Gasteiger partial charge is 0.496 e. The van der Waals surface area contributed by atoms with Crippen molar-refractivity contribution in [2.45, 2.75) is 25.8 Å². The molecule has 1 saturated carbocycles. The van der Waals surface area contributed by atoms with Crippen molar-refractivity contribution in [1.29, 1.82) is 0 Å². The first-order valence-corrected chi connectivity index (χ1v) is 5.07. The Bertz CT molecular complexity index is 389. The maximum Gasteiger partial charge on any atom is 0.123 e. The van der Waals surface area contributed by atoms with Gasteiger partial charge in [-0.15, -0.1) is 0 Å². The number of hydrogen-bond acceptors (Lipinski definition) is 2. The number of ether oxygens (including phenoxy) is 1. The van der Waals surface area contributed by atoms with Crippen molar-refractivity contribution in [2.75, 3.05) is 7.11 Å². The van der Waals surface area contributed by atoms with E-state index in [4.69, 9.17) is 10.5 Å². The molecule has 1 aromatic carbocycles. The van der Waals surface area contributed by atoms with E-state index < -0.39 is 0 Å². The second-order valence-corrected chi connectivity index (χ2v) is 4.71. The molecule has 1 fully saturated rings. The average Bonchev–Trinajstić information content (AvgIpc) is 2.66. The highest BCUT2D eigenvalue weighted by molar-refractivity contribution is 5.44. The van der Waals surface area contributed by atoms with Crippen molar-refractivity contribution < 1.29 is 9.13 Å². The van der Waals surface area contributed by atoms with Gasteiger partial charge in [-0.3, -0.25) is 0 Å². The Morgan fingerprint density at radius 3 is 2.47 bits per heavy atom. The molecule has 3 heteroatoms. The van der Waals surface area contributed by atoms with Crippen LogP contribution in [0.1, 0.15) is 25.3 Å². The van der Waals surface area contributed by atoms with Gasteiger partial charge in [0.2, 0.25) is 0 Å². The zero-order chi connectivity index (χ0) is 11.2. The van der Waals surface area contributed by atoms with E-state index in [2.05, 4.69) is 13.8 Å². The summed E-state index contributed by atoms with van der Waals surface area (Å²) >= 11 is 0. The third-order valence-electron chi connectivity index (χ3n) is 3.44. The Morgan fingerprint density at radius 2 is 2.00 bits per heavy atom. The normalized spacial score (nSPS) is 27.5. The van der Waals surface area contributed by atoms with Gasteiger partial charge in [0.05, 0.1) is 7.11 Å². The maximum atomic E-state index is 13.2. The summed E-state index contributed by atoms with van der Waals surface area (Å²) in [5.74, 6) is 0.686. The summed E-state index contributed by atoms with van der Waals surface area (Å²) in [7, 11) is 1.59. The fourth-order valence-electron chi connectivity index (χ4n) is 2.22. The van der Waals surface area contributed by atoms with Crippen LogP contribution in [0.2, 0.25) is 0 Å². The smallest absolute Gasteiger partial charge is 0.123 e. The Morgan fingerprint density at radius 1 is 1.40 bits per heavy atom. The summed E-state index contributed by atoms with van der Waals surface area (Å²) in [5.41, 5.74) is 6.90. The van der Waals surface area contributed by atoms with Crippen molar-refractivity contribution in [3.05, 3.63) is 29.6 Å². The average molecular weight is 209 g/mol. The first kappa shape index (κ1) is 10.4. The van der Waals surface area contributed by atoms with Gasteiger partial charge in [-0.05, 0) is 23.6 Å². The molecule has 2 nitrogen and oxygen atoms in total. The van der Waals surface area contributed by atoms with Crippen LogP contribution < -0.4 is 10.5 Å². The highest BCUT2D eigenvalue weighted by Crippen LogP contribution is 2.59. The van der Waals surface area contributed by atoms with Gasteiger partial charge in [-0.1, -0.05) is 13.8 Å². The minimum atomic E-state index is -0.235. The number of hydrogen-bond donors (Lipinski definition) is 1. The number of benzene rings is 1. The second-order valence-electron chi connectivity index (χ2n) is 4.71. The monoisotopic (exact) mass is 209 g/mol. The van der Waals surface area contributed by atoms with Crippen molar-refractivity contribution in [3.63, 3.8) is 0 Å². The third-order valence-corrected chi connectivity index (χ3v) is 3.44. The molecule has 1 aromatic rings. The SMILES string of the molecule is COc1ccc(F)cc1C1C(N)C1(C)C. The molecule has 0 heterocycles. The van der Waals surface area contributed by atoms with Gasteiger partial charge < -0.3 is 10.5 Å². The molecule has 0 amide bonds. The standard InChI is InChI=1S/C12H16FNO/c1-12(2)10(11(12)14)8-6-7(13)4-5-9(8)15-3/h4-6,10-11H,14H2,1-3H3. The Hall–Kier alpha value is -1.09. The van der Waals surface area contributed by atoms with Crippen LogP contribution in [0.4, 0.5) is 4.39 Å². The minimum absolute atomic E-state index is 0.0427. The molecule has 1 aliphatic carbocycles. The van der Waals surface area contributed by atoms with Gasteiger partial charge in [-0.2, -0.15) is 0 Å². The van der Waals surface area contributed by atoms with E-state index >= 15 is 0 Å². The zero-order valence-electron chi connectivity index (χ0n) is 9.25. The Balaban J connectivity index is 2.40. The van der Waals surface area contributed by atoms with Gasteiger partial charge >= 0.3 is 0 Å². The summed E-state index contributed by atoms with van der Waals surface area (Å²) in [6.45, 7) is 4.18. The van der Waals surface area contributed by atoms with Crippen molar-refractivity contribution in [3.8, 4) is 5.75 Å². The molecule has 82 valence electrons. The summed E-state index contributed by atoms with van der Waals surface area (Å²) in [4.78, 5) is 0. The van der Waals surface area contributed by atoms with Crippen LogP contribution in [0.25, 0.3) is 0 Å². The number of nitrogens with two attached hydrogens (primary N) is 1. The number of methoxy groups -OCH3 is 1. The lowest BCUT2D eigenvalue weighted by molar-refractivity contribution is 0.406. The third kappa shape index (κ3) is 1.51. The van der Waals surface area contributed by atoms with Crippen LogP contribution in [0.3, 0.4) is 0 Å². The summed E-state index contributed by atoms with van der Waals surface area (Å²) in [6.07, 6.45) is 0. The van der Waals surface area contributed by atoms with Crippen LogP contribution in [-0.4, -0.2) is 13.2 Å². The predicted molar refractivity (Wildman–Crippen MR) is 57.4 cm³/mol. The van der Waals surface area contributed by atoms with E-state index in [9.17, 15) is 4.39 Å². The zero-order valence-corrected chi connectivity index (χ0v) is 9.25. The topological polar surface area (TPSA) is 35.2 Å². The van der Waals surface area contributed by atoms with Gasteiger partial charge in [-0.25, -0.2) is 4.39 Å². The highest BCUT2D eigenvalue weighted by atomic mass is 19.1. The fraction of sp³-hybridized carbons (Fsp3) is 0.500. The van der Waals surface area contributed by atoms with Crippen molar-refractivity contribution in [1.82, 2.24) is 0 Å². The summed E-state index contributed by atoms with van der Waals surface area (Å²) in [6, 6.07) is 4.68. The molecule has 0 bridgehead atoms. The van der Waals surface area contributed by atoms with Gasteiger partial charge in [0.15, 0.2) is 0 Å². The fourth-order valence-corrected chi connectivity index (χ4v) is 2.22. The molecule has 2 unspecified atom stereocenters. The van der Waals surface area contributed by atoms with Crippen LogP contribution in [-0.2, 0) is 0 Å². The molecule has 0 aliphatic heterocycles. The molecule has 2 atom stereocenters. The maximum absolute atomic E-state index is 13.2. The van der Waals surface area contributed by atoms with E-state index in [1.807, 2.05) is 0 Å².